The molecular formula is C63H112O5. The lowest BCUT2D eigenvalue weighted by Crippen LogP contribution is -2.30. The SMILES string of the molecule is CC/C=C\C/C=C\C/C=C\CCCCCCCCCC(=O)OCC(COCCCCCCCCCCCCCCCCCCCCCC)OC(=O)CCCCCCC/C=C\C/C=C\C/C=C\CC. The number of carbonyl (C=O) groups excluding carboxylic acids is 2. The molecule has 0 N–H and O–H groups in total. The Balaban J connectivity index is 4.26. The van der Waals surface area contributed by atoms with Gasteiger partial charge >= 0.3 is 11.9 Å². The average molecular weight is 950 g/mol. The predicted octanol–water partition coefficient (Wildman–Crippen LogP) is 20.2. The highest BCUT2D eigenvalue weighted by molar-refractivity contribution is 5.70. The van der Waals surface area contributed by atoms with Crippen molar-refractivity contribution in [3.8, 4) is 0 Å². The fraction of sp³-hybridized carbons (Fsp3) is 0.778. The van der Waals surface area contributed by atoms with Crippen molar-refractivity contribution in [2.45, 2.75) is 297 Å². The highest BCUT2D eigenvalue weighted by atomic mass is 16.6. The highest BCUT2D eigenvalue weighted by Crippen LogP contribution is 2.16. The third kappa shape index (κ3) is 55.9. The van der Waals surface area contributed by atoms with Crippen LogP contribution in [0.4, 0.5) is 0 Å². The van der Waals surface area contributed by atoms with E-state index in [-0.39, 0.29) is 25.2 Å². The van der Waals surface area contributed by atoms with Crippen molar-refractivity contribution in [2.24, 2.45) is 0 Å². The van der Waals surface area contributed by atoms with Crippen molar-refractivity contribution < 1.29 is 23.8 Å². The van der Waals surface area contributed by atoms with Crippen molar-refractivity contribution in [1.29, 1.82) is 0 Å². The summed E-state index contributed by atoms with van der Waals surface area (Å²) in [5, 5.41) is 0. The largest absolute Gasteiger partial charge is 0.462 e. The molecule has 68 heavy (non-hydrogen) atoms. The molecule has 0 radical (unpaired) electrons. The van der Waals surface area contributed by atoms with E-state index in [1.807, 2.05) is 0 Å². The van der Waals surface area contributed by atoms with Gasteiger partial charge in [0.25, 0.3) is 0 Å². The van der Waals surface area contributed by atoms with Gasteiger partial charge < -0.3 is 14.2 Å². The van der Waals surface area contributed by atoms with Gasteiger partial charge in [-0.05, 0) is 83.5 Å². The summed E-state index contributed by atoms with van der Waals surface area (Å²) in [7, 11) is 0. The van der Waals surface area contributed by atoms with Gasteiger partial charge in [-0.1, -0.05) is 267 Å². The molecule has 0 aliphatic carbocycles. The topological polar surface area (TPSA) is 61.8 Å². The van der Waals surface area contributed by atoms with Gasteiger partial charge in [-0.25, -0.2) is 0 Å². The number of hydrogen-bond donors (Lipinski definition) is 0. The van der Waals surface area contributed by atoms with Gasteiger partial charge in [0.15, 0.2) is 6.10 Å². The second-order valence-corrected chi connectivity index (χ2v) is 19.5. The molecule has 0 aliphatic rings. The number of ether oxygens (including phenoxy) is 3. The number of unbranched alkanes of at least 4 members (excludes halogenated alkanes) is 31. The van der Waals surface area contributed by atoms with E-state index in [4.69, 9.17) is 14.2 Å². The zero-order valence-electron chi connectivity index (χ0n) is 45.4. The number of allylic oxidation sites excluding steroid dienone is 12. The fourth-order valence-corrected chi connectivity index (χ4v) is 8.42. The van der Waals surface area contributed by atoms with E-state index in [2.05, 4.69) is 93.7 Å². The highest BCUT2D eigenvalue weighted by Gasteiger charge is 2.17. The fourth-order valence-electron chi connectivity index (χ4n) is 8.42. The Kier molecular flexibility index (Phi) is 56.4. The molecule has 1 atom stereocenters. The number of carbonyl (C=O) groups is 2. The third-order valence-electron chi connectivity index (χ3n) is 12.7. The Hall–Kier alpha value is -2.66. The molecule has 0 bridgehead atoms. The molecule has 0 fully saturated rings. The van der Waals surface area contributed by atoms with Crippen molar-refractivity contribution in [2.75, 3.05) is 19.8 Å². The number of esters is 2. The second-order valence-electron chi connectivity index (χ2n) is 19.5. The predicted molar refractivity (Wildman–Crippen MR) is 297 cm³/mol. The molecule has 394 valence electrons. The molecule has 0 heterocycles. The first-order chi connectivity index (χ1) is 33.6. The summed E-state index contributed by atoms with van der Waals surface area (Å²) >= 11 is 0. The van der Waals surface area contributed by atoms with Crippen LogP contribution >= 0.6 is 0 Å². The van der Waals surface area contributed by atoms with Crippen LogP contribution in [0.2, 0.25) is 0 Å². The maximum absolute atomic E-state index is 12.9. The first kappa shape index (κ1) is 65.3. The third-order valence-corrected chi connectivity index (χ3v) is 12.7. The van der Waals surface area contributed by atoms with Crippen molar-refractivity contribution in [3.05, 3.63) is 72.9 Å². The summed E-state index contributed by atoms with van der Waals surface area (Å²) in [6.07, 6.45) is 76.5. The van der Waals surface area contributed by atoms with E-state index in [1.54, 1.807) is 0 Å². The summed E-state index contributed by atoms with van der Waals surface area (Å²) in [6.45, 7) is 7.62. The van der Waals surface area contributed by atoms with Crippen LogP contribution < -0.4 is 0 Å². The quantitative estimate of drug-likeness (QED) is 0.0345. The Morgan fingerprint density at radius 2 is 0.662 bits per heavy atom. The monoisotopic (exact) mass is 949 g/mol. The molecule has 5 heteroatoms. The maximum Gasteiger partial charge on any atom is 0.306 e. The van der Waals surface area contributed by atoms with Crippen LogP contribution in [0.15, 0.2) is 72.9 Å². The second kappa shape index (κ2) is 58.7. The first-order valence-electron chi connectivity index (χ1n) is 29.5. The zero-order chi connectivity index (χ0) is 49.2. The molecule has 0 saturated heterocycles. The molecule has 0 spiro atoms. The molecule has 0 saturated carbocycles. The summed E-state index contributed by atoms with van der Waals surface area (Å²) in [6, 6.07) is 0. The minimum atomic E-state index is -0.551. The van der Waals surface area contributed by atoms with Crippen LogP contribution in [0.3, 0.4) is 0 Å². The van der Waals surface area contributed by atoms with Gasteiger partial charge in [0.1, 0.15) is 6.61 Å². The van der Waals surface area contributed by atoms with E-state index in [0.717, 1.165) is 103 Å². The lowest BCUT2D eigenvalue weighted by Gasteiger charge is -2.18. The standard InChI is InChI=1S/C63H112O5/c1-4-7-10-13-16-19-22-25-28-30-31-32-34-37-40-43-46-49-52-55-58-66-59-61(68-63(65)57-54-51-48-45-42-39-35-27-24-21-18-15-12-9-6-3)60-67-62(64)56-53-50-47-44-41-38-36-33-29-26-23-20-17-14-11-8-5-2/h8-9,11-12,17-18,20-21,26-27,29,35,61H,4-7,10,13-16,19,22-25,28,30-34,36-60H2,1-3H3/b11-8-,12-9-,20-17-,21-18-,29-26-,35-27-. The molecular weight excluding hydrogens is 837 g/mol. The van der Waals surface area contributed by atoms with Crippen LogP contribution in [-0.2, 0) is 23.8 Å². The van der Waals surface area contributed by atoms with Crippen molar-refractivity contribution >= 4 is 11.9 Å². The van der Waals surface area contributed by atoms with Gasteiger partial charge in [0.2, 0.25) is 0 Å². The molecule has 0 rings (SSSR count). The average Bonchev–Trinajstić information content (AvgIpc) is 3.34. The summed E-state index contributed by atoms with van der Waals surface area (Å²) in [4.78, 5) is 25.5. The Morgan fingerprint density at radius 3 is 1.06 bits per heavy atom. The van der Waals surface area contributed by atoms with Crippen LogP contribution in [0, 0.1) is 0 Å². The van der Waals surface area contributed by atoms with Crippen LogP contribution in [0.5, 0.6) is 0 Å². The summed E-state index contributed by atoms with van der Waals surface area (Å²) in [5.41, 5.74) is 0. The van der Waals surface area contributed by atoms with Crippen molar-refractivity contribution in [3.63, 3.8) is 0 Å². The summed E-state index contributed by atoms with van der Waals surface area (Å²) in [5.74, 6) is -0.417. The lowest BCUT2D eigenvalue weighted by atomic mass is 10.0. The van der Waals surface area contributed by atoms with E-state index in [9.17, 15) is 9.59 Å². The molecule has 5 nitrogen and oxygen atoms in total. The van der Waals surface area contributed by atoms with Gasteiger partial charge in [-0.3, -0.25) is 9.59 Å². The number of rotatable bonds is 54. The Labute approximate surface area is 423 Å². The Bertz CT molecular complexity index is 1210. The minimum absolute atomic E-state index is 0.0735. The van der Waals surface area contributed by atoms with E-state index < -0.39 is 6.10 Å². The summed E-state index contributed by atoms with van der Waals surface area (Å²) < 4.78 is 17.5. The van der Waals surface area contributed by atoms with Gasteiger partial charge in [0, 0.05) is 19.4 Å². The van der Waals surface area contributed by atoms with Crippen LogP contribution in [0.25, 0.3) is 0 Å². The van der Waals surface area contributed by atoms with Crippen LogP contribution in [0.1, 0.15) is 290 Å². The van der Waals surface area contributed by atoms with Crippen LogP contribution in [-0.4, -0.2) is 37.9 Å². The molecule has 0 aromatic heterocycles. The molecule has 0 aromatic carbocycles. The normalized spacial score (nSPS) is 12.7. The maximum atomic E-state index is 12.9. The molecule has 0 amide bonds. The molecule has 0 aliphatic heterocycles. The lowest BCUT2D eigenvalue weighted by molar-refractivity contribution is -0.163. The smallest absolute Gasteiger partial charge is 0.306 e. The van der Waals surface area contributed by atoms with E-state index in [1.165, 1.54) is 154 Å². The zero-order valence-corrected chi connectivity index (χ0v) is 45.4. The molecule has 0 aromatic rings. The minimum Gasteiger partial charge on any atom is -0.462 e. The van der Waals surface area contributed by atoms with E-state index in [0.29, 0.717) is 19.4 Å². The van der Waals surface area contributed by atoms with Gasteiger partial charge in [0.05, 0.1) is 6.61 Å². The molecule has 1 unspecified atom stereocenters. The first-order valence-corrected chi connectivity index (χ1v) is 29.5. The van der Waals surface area contributed by atoms with Crippen molar-refractivity contribution in [1.82, 2.24) is 0 Å². The van der Waals surface area contributed by atoms with Gasteiger partial charge in [-0.15, -0.1) is 0 Å². The Morgan fingerprint density at radius 1 is 0.338 bits per heavy atom. The van der Waals surface area contributed by atoms with Gasteiger partial charge in [-0.2, -0.15) is 0 Å². The van der Waals surface area contributed by atoms with E-state index >= 15 is 0 Å². The number of hydrogen-bond acceptors (Lipinski definition) is 5.